The van der Waals surface area contributed by atoms with Gasteiger partial charge in [0, 0.05) is 5.69 Å². The molecule has 2 rings (SSSR count). The van der Waals surface area contributed by atoms with E-state index in [9.17, 15) is 4.79 Å². The van der Waals surface area contributed by atoms with Crippen molar-refractivity contribution in [2.24, 2.45) is 27.2 Å². The molecule has 0 aromatic heterocycles. The summed E-state index contributed by atoms with van der Waals surface area (Å²) in [7, 11) is 0. The van der Waals surface area contributed by atoms with Gasteiger partial charge in [-0.05, 0) is 24.3 Å². The van der Waals surface area contributed by atoms with Crippen molar-refractivity contribution in [2.45, 2.75) is 0 Å². The van der Waals surface area contributed by atoms with E-state index in [1.165, 1.54) is 0 Å². The lowest BCUT2D eigenvalue weighted by Gasteiger charge is -2.07. The van der Waals surface area contributed by atoms with Gasteiger partial charge < -0.3 is 22.5 Å². The molecule has 0 heterocycles. The van der Waals surface area contributed by atoms with Crippen LogP contribution in [0.25, 0.3) is 0 Å². The Labute approximate surface area is 127 Å². The number of anilines is 1. The number of amides is 1. The largest absolute Gasteiger partial charge is 0.370 e. The Morgan fingerprint density at radius 3 is 2.23 bits per heavy atom. The molecule has 1 amide bonds. The minimum absolute atomic E-state index is 0.125. The zero-order valence-electron chi connectivity index (χ0n) is 11.7. The van der Waals surface area contributed by atoms with Crippen molar-refractivity contribution in [1.29, 1.82) is 0 Å². The number of nitrogens with two attached hydrogens (primary N) is 3. The van der Waals surface area contributed by atoms with Crippen LogP contribution in [0.5, 0.6) is 0 Å². The SMILES string of the molecule is NC(N)=NC(N)=Nc1ccccc1C(=O)Nc1ccccc1. The second-order valence-electron chi connectivity index (χ2n) is 4.34. The molecular weight excluding hydrogens is 280 g/mol. The van der Waals surface area contributed by atoms with Crippen LogP contribution in [0, 0.1) is 0 Å². The highest BCUT2D eigenvalue weighted by Crippen LogP contribution is 2.20. The third-order valence-electron chi connectivity index (χ3n) is 2.66. The van der Waals surface area contributed by atoms with Crippen molar-refractivity contribution in [3.8, 4) is 0 Å². The molecule has 7 heteroatoms. The molecule has 2 aromatic rings. The Bertz CT molecular complexity index is 720. The fourth-order valence-electron chi connectivity index (χ4n) is 1.76. The summed E-state index contributed by atoms with van der Waals surface area (Å²) in [6.45, 7) is 0. The number of hydrogen-bond donors (Lipinski definition) is 4. The quantitative estimate of drug-likeness (QED) is 0.499. The number of aliphatic imine (C=N–C) groups is 2. The van der Waals surface area contributed by atoms with Crippen LogP contribution in [0.1, 0.15) is 10.4 Å². The molecular formula is C15H16N6O. The van der Waals surface area contributed by atoms with Gasteiger partial charge in [0.15, 0.2) is 5.96 Å². The lowest BCUT2D eigenvalue weighted by molar-refractivity contribution is 0.102. The fourth-order valence-corrected chi connectivity index (χ4v) is 1.76. The molecule has 7 nitrogen and oxygen atoms in total. The summed E-state index contributed by atoms with van der Waals surface area (Å²) in [6, 6.07) is 15.9. The summed E-state index contributed by atoms with van der Waals surface area (Å²) in [5.74, 6) is -0.629. The minimum atomic E-state index is -0.303. The Balaban J connectivity index is 2.28. The molecule has 0 atom stereocenters. The predicted molar refractivity (Wildman–Crippen MR) is 87.9 cm³/mol. The van der Waals surface area contributed by atoms with Gasteiger partial charge in [0.1, 0.15) is 0 Å². The van der Waals surface area contributed by atoms with Gasteiger partial charge in [-0.15, -0.1) is 0 Å². The average Bonchev–Trinajstić information content (AvgIpc) is 2.47. The molecule has 0 aliphatic heterocycles. The van der Waals surface area contributed by atoms with Gasteiger partial charge in [-0.25, -0.2) is 4.99 Å². The molecule has 0 radical (unpaired) electrons. The predicted octanol–water partition coefficient (Wildman–Crippen LogP) is 1.16. The number of hydrogen-bond acceptors (Lipinski definition) is 2. The van der Waals surface area contributed by atoms with Crippen molar-refractivity contribution >= 4 is 29.2 Å². The Morgan fingerprint density at radius 2 is 1.55 bits per heavy atom. The number of benzene rings is 2. The fraction of sp³-hybridized carbons (Fsp3) is 0. The molecule has 0 saturated heterocycles. The van der Waals surface area contributed by atoms with E-state index >= 15 is 0 Å². The van der Waals surface area contributed by atoms with Gasteiger partial charge in [-0.3, -0.25) is 4.79 Å². The minimum Gasteiger partial charge on any atom is -0.370 e. The summed E-state index contributed by atoms with van der Waals surface area (Å²) in [5, 5.41) is 2.78. The average molecular weight is 296 g/mol. The van der Waals surface area contributed by atoms with Gasteiger partial charge in [0.25, 0.3) is 5.91 Å². The van der Waals surface area contributed by atoms with Gasteiger partial charge in [-0.2, -0.15) is 4.99 Å². The van der Waals surface area contributed by atoms with E-state index in [0.29, 0.717) is 16.9 Å². The van der Waals surface area contributed by atoms with E-state index < -0.39 is 0 Å². The van der Waals surface area contributed by atoms with E-state index in [0.717, 1.165) is 0 Å². The molecule has 0 aliphatic rings. The smallest absolute Gasteiger partial charge is 0.257 e. The number of nitrogens with zero attached hydrogens (tertiary/aromatic N) is 2. The first-order valence-electron chi connectivity index (χ1n) is 6.45. The number of guanidine groups is 2. The van der Waals surface area contributed by atoms with Crippen LogP contribution in [0.3, 0.4) is 0 Å². The number of carbonyl (C=O) groups is 1. The van der Waals surface area contributed by atoms with E-state index in [4.69, 9.17) is 17.2 Å². The van der Waals surface area contributed by atoms with Crippen molar-refractivity contribution in [3.63, 3.8) is 0 Å². The van der Waals surface area contributed by atoms with Crippen LogP contribution in [0.2, 0.25) is 0 Å². The highest BCUT2D eigenvalue weighted by atomic mass is 16.1. The van der Waals surface area contributed by atoms with Crippen molar-refractivity contribution < 1.29 is 4.79 Å². The molecule has 0 aliphatic carbocycles. The molecule has 2 aromatic carbocycles. The van der Waals surface area contributed by atoms with Crippen LogP contribution < -0.4 is 22.5 Å². The number of rotatable bonds is 3. The zero-order chi connectivity index (χ0) is 15.9. The summed E-state index contributed by atoms with van der Waals surface area (Å²) >= 11 is 0. The maximum absolute atomic E-state index is 12.3. The molecule has 112 valence electrons. The van der Waals surface area contributed by atoms with E-state index in [2.05, 4.69) is 15.3 Å². The molecule has 0 bridgehead atoms. The second-order valence-corrected chi connectivity index (χ2v) is 4.34. The number of para-hydroxylation sites is 2. The summed E-state index contributed by atoms with van der Waals surface area (Å²) in [4.78, 5) is 20.0. The van der Waals surface area contributed by atoms with Crippen LogP contribution in [-0.2, 0) is 0 Å². The Morgan fingerprint density at radius 1 is 0.909 bits per heavy atom. The molecule has 7 N–H and O–H groups in total. The third-order valence-corrected chi connectivity index (χ3v) is 2.66. The standard InChI is InChI=1S/C15H16N6O/c16-14(17)21-15(18)20-12-9-5-4-8-11(12)13(22)19-10-6-2-1-3-7-10/h1-9H,(H,19,22)(H6,16,17,18,20,21). The number of carbonyl (C=O) groups excluding carboxylic acids is 1. The van der Waals surface area contributed by atoms with E-state index in [1.807, 2.05) is 18.2 Å². The molecule has 0 unspecified atom stereocenters. The topological polar surface area (TPSA) is 132 Å². The van der Waals surface area contributed by atoms with Crippen LogP contribution in [0.4, 0.5) is 11.4 Å². The highest BCUT2D eigenvalue weighted by molar-refractivity contribution is 6.08. The number of nitrogens with one attached hydrogen (secondary N) is 1. The normalized spacial score (nSPS) is 10.8. The third kappa shape index (κ3) is 4.07. The molecule has 0 saturated carbocycles. The molecule has 0 fully saturated rings. The first kappa shape index (κ1) is 15.0. The van der Waals surface area contributed by atoms with Crippen molar-refractivity contribution in [1.82, 2.24) is 0 Å². The van der Waals surface area contributed by atoms with Gasteiger partial charge >= 0.3 is 0 Å². The van der Waals surface area contributed by atoms with Gasteiger partial charge in [0.2, 0.25) is 5.96 Å². The Hall–Kier alpha value is -3.35. The lowest BCUT2D eigenvalue weighted by atomic mass is 10.1. The summed E-state index contributed by atoms with van der Waals surface area (Å²) in [6.07, 6.45) is 0. The molecule has 0 spiro atoms. The Kier molecular flexibility index (Phi) is 4.71. The van der Waals surface area contributed by atoms with Gasteiger partial charge in [-0.1, -0.05) is 30.3 Å². The maximum Gasteiger partial charge on any atom is 0.257 e. The van der Waals surface area contributed by atoms with Crippen molar-refractivity contribution in [3.05, 3.63) is 60.2 Å². The molecule has 22 heavy (non-hydrogen) atoms. The first-order valence-corrected chi connectivity index (χ1v) is 6.45. The highest BCUT2D eigenvalue weighted by Gasteiger charge is 2.11. The van der Waals surface area contributed by atoms with Gasteiger partial charge in [0.05, 0.1) is 11.3 Å². The maximum atomic E-state index is 12.3. The monoisotopic (exact) mass is 296 g/mol. The first-order chi connectivity index (χ1) is 10.6. The second kappa shape index (κ2) is 6.89. The van der Waals surface area contributed by atoms with Crippen LogP contribution in [-0.4, -0.2) is 17.8 Å². The zero-order valence-corrected chi connectivity index (χ0v) is 11.7. The van der Waals surface area contributed by atoms with Crippen LogP contribution in [0.15, 0.2) is 64.6 Å². The van der Waals surface area contributed by atoms with Crippen molar-refractivity contribution in [2.75, 3.05) is 5.32 Å². The summed E-state index contributed by atoms with van der Waals surface area (Å²) in [5.41, 5.74) is 17.5. The summed E-state index contributed by atoms with van der Waals surface area (Å²) < 4.78 is 0. The lowest BCUT2D eigenvalue weighted by Crippen LogP contribution is -2.26. The van der Waals surface area contributed by atoms with E-state index in [-0.39, 0.29) is 17.8 Å². The van der Waals surface area contributed by atoms with Crippen LogP contribution >= 0.6 is 0 Å². The van der Waals surface area contributed by atoms with E-state index in [1.54, 1.807) is 36.4 Å².